The van der Waals surface area contributed by atoms with Gasteiger partial charge in [-0.2, -0.15) is 23.1 Å². The molecule has 2 fully saturated rings. The molecule has 1 aliphatic heterocycles. The molecule has 0 radical (unpaired) electrons. The third-order valence-electron chi connectivity index (χ3n) is 4.21. The summed E-state index contributed by atoms with van der Waals surface area (Å²) in [6.45, 7) is 4.25. The van der Waals surface area contributed by atoms with Gasteiger partial charge in [0.1, 0.15) is 0 Å². The van der Waals surface area contributed by atoms with Gasteiger partial charge in [-0.15, -0.1) is 0 Å². The summed E-state index contributed by atoms with van der Waals surface area (Å²) in [6, 6.07) is 3.05. The Labute approximate surface area is 118 Å². The number of nitrogens with two attached hydrogens (primary N) is 1. The van der Waals surface area contributed by atoms with Crippen molar-refractivity contribution in [1.82, 2.24) is 4.90 Å². The summed E-state index contributed by atoms with van der Waals surface area (Å²) in [6.07, 6.45) is 3.99. The van der Waals surface area contributed by atoms with E-state index in [2.05, 4.69) is 40.4 Å². The smallest absolute Gasteiger partial charge is 0.0438 e. The van der Waals surface area contributed by atoms with Gasteiger partial charge in [-0.25, -0.2) is 0 Å². The molecule has 0 amide bonds. The molecular weight excluding hydrogens is 260 g/mol. The zero-order valence-electron chi connectivity index (χ0n) is 11.0. The number of hydrogen-bond donors (Lipinski definition) is 1. The molecule has 1 saturated carbocycles. The van der Waals surface area contributed by atoms with E-state index in [1.165, 1.54) is 30.6 Å². The van der Waals surface area contributed by atoms with E-state index in [0.717, 1.165) is 24.4 Å². The van der Waals surface area contributed by atoms with E-state index < -0.39 is 0 Å². The lowest BCUT2D eigenvalue weighted by Gasteiger charge is -2.40. The van der Waals surface area contributed by atoms with E-state index in [-0.39, 0.29) is 5.54 Å². The lowest BCUT2D eigenvalue weighted by molar-refractivity contribution is 0.0945. The van der Waals surface area contributed by atoms with E-state index in [4.69, 9.17) is 5.73 Å². The molecule has 2 N–H and O–H groups in total. The first-order chi connectivity index (χ1) is 8.73. The second kappa shape index (κ2) is 5.16. The van der Waals surface area contributed by atoms with Gasteiger partial charge < -0.3 is 5.73 Å². The lowest BCUT2D eigenvalue weighted by Crippen LogP contribution is -2.55. The molecule has 1 aromatic heterocycles. The average molecular weight is 282 g/mol. The van der Waals surface area contributed by atoms with Crippen LogP contribution in [0.15, 0.2) is 16.8 Å². The van der Waals surface area contributed by atoms with E-state index in [9.17, 15) is 0 Å². The van der Waals surface area contributed by atoms with Crippen molar-refractivity contribution in [2.24, 2.45) is 5.73 Å². The molecule has 2 nitrogen and oxygen atoms in total. The van der Waals surface area contributed by atoms with Crippen molar-refractivity contribution in [3.8, 4) is 0 Å². The molecule has 0 aromatic carbocycles. The molecule has 1 saturated heterocycles. The van der Waals surface area contributed by atoms with Crippen LogP contribution in [-0.2, 0) is 6.54 Å². The molecule has 0 bridgehead atoms. The fourth-order valence-corrected chi connectivity index (χ4v) is 5.14. The number of nitrogens with zero attached hydrogens (tertiary/aromatic N) is 1. The standard InChI is InChI=1S/C14H22N2S2/c1-11-6-14(9-15,10-18-11)16(13-2-3-13)7-12-4-5-17-8-12/h4-5,8,11,13H,2-3,6-7,9-10,15H2,1H3. The molecule has 2 heterocycles. The van der Waals surface area contributed by atoms with Crippen LogP contribution in [0.3, 0.4) is 0 Å². The summed E-state index contributed by atoms with van der Waals surface area (Å²) < 4.78 is 0. The van der Waals surface area contributed by atoms with Crippen LogP contribution in [0.1, 0.15) is 31.7 Å². The summed E-state index contributed by atoms with van der Waals surface area (Å²) in [5.74, 6) is 1.21. The van der Waals surface area contributed by atoms with Gasteiger partial charge in [-0.3, -0.25) is 4.90 Å². The molecule has 2 atom stereocenters. The number of rotatable bonds is 5. The van der Waals surface area contributed by atoms with Gasteiger partial charge >= 0.3 is 0 Å². The minimum Gasteiger partial charge on any atom is -0.329 e. The van der Waals surface area contributed by atoms with Crippen molar-refractivity contribution in [2.45, 2.75) is 49.6 Å². The predicted molar refractivity (Wildman–Crippen MR) is 81.2 cm³/mol. The monoisotopic (exact) mass is 282 g/mol. The molecule has 100 valence electrons. The highest BCUT2D eigenvalue weighted by Gasteiger charge is 2.47. The predicted octanol–water partition coefficient (Wildman–Crippen LogP) is 2.94. The van der Waals surface area contributed by atoms with Gasteiger partial charge in [-0.1, -0.05) is 6.92 Å². The fourth-order valence-electron chi connectivity index (χ4n) is 3.06. The van der Waals surface area contributed by atoms with Gasteiger partial charge in [0.05, 0.1) is 0 Å². The minimum atomic E-state index is 0.257. The Morgan fingerprint density at radius 1 is 1.50 bits per heavy atom. The van der Waals surface area contributed by atoms with E-state index in [1.807, 2.05) is 0 Å². The van der Waals surface area contributed by atoms with Crippen molar-refractivity contribution >= 4 is 23.1 Å². The summed E-state index contributed by atoms with van der Waals surface area (Å²) in [4.78, 5) is 2.73. The third-order valence-corrected chi connectivity index (χ3v) is 6.39. The van der Waals surface area contributed by atoms with Gasteiger partial charge in [-0.05, 0) is 41.7 Å². The van der Waals surface area contributed by atoms with Crippen molar-refractivity contribution in [3.05, 3.63) is 22.4 Å². The normalized spacial score (nSPS) is 32.3. The van der Waals surface area contributed by atoms with Gasteiger partial charge in [0.25, 0.3) is 0 Å². The minimum absolute atomic E-state index is 0.257. The van der Waals surface area contributed by atoms with E-state index >= 15 is 0 Å². The van der Waals surface area contributed by atoms with Gasteiger partial charge in [0.2, 0.25) is 0 Å². The van der Waals surface area contributed by atoms with Crippen LogP contribution in [0, 0.1) is 0 Å². The molecule has 1 aromatic rings. The van der Waals surface area contributed by atoms with Crippen LogP contribution in [0.5, 0.6) is 0 Å². The maximum absolute atomic E-state index is 6.17. The highest BCUT2D eigenvalue weighted by atomic mass is 32.2. The fraction of sp³-hybridized carbons (Fsp3) is 0.714. The highest BCUT2D eigenvalue weighted by molar-refractivity contribution is 8.00. The Morgan fingerprint density at radius 3 is 2.83 bits per heavy atom. The Morgan fingerprint density at radius 2 is 2.33 bits per heavy atom. The Balaban J connectivity index is 1.79. The van der Waals surface area contributed by atoms with Crippen LogP contribution in [0.2, 0.25) is 0 Å². The molecular formula is C14H22N2S2. The first kappa shape index (κ1) is 13.0. The second-order valence-electron chi connectivity index (χ2n) is 5.74. The molecule has 2 unspecified atom stereocenters. The third kappa shape index (κ3) is 2.48. The zero-order valence-corrected chi connectivity index (χ0v) is 12.6. The van der Waals surface area contributed by atoms with Crippen molar-refractivity contribution in [1.29, 1.82) is 0 Å². The van der Waals surface area contributed by atoms with Crippen molar-refractivity contribution in [2.75, 3.05) is 12.3 Å². The summed E-state index contributed by atoms with van der Waals surface area (Å²) in [5.41, 5.74) is 7.89. The number of thioether (sulfide) groups is 1. The van der Waals surface area contributed by atoms with Crippen LogP contribution >= 0.6 is 23.1 Å². The first-order valence-corrected chi connectivity index (χ1v) is 8.82. The molecule has 18 heavy (non-hydrogen) atoms. The lowest BCUT2D eigenvalue weighted by atomic mass is 9.93. The van der Waals surface area contributed by atoms with Crippen molar-refractivity contribution < 1.29 is 0 Å². The number of thiophene rings is 1. The van der Waals surface area contributed by atoms with Crippen LogP contribution in [0.4, 0.5) is 0 Å². The Bertz CT molecular complexity index is 389. The molecule has 2 aliphatic rings. The van der Waals surface area contributed by atoms with E-state index in [0.29, 0.717) is 0 Å². The largest absolute Gasteiger partial charge is 0.329 e. The topological polar surface area (TPSA) is 29.3 Å². The Kier molecular flexibility index (Phi) is 3.72. The molecule has 4 heteroatoms. The van der Waals surface area contributed by atoms with Gasteiger partial charge in [0, 0.05) is 35.7 Å². The second-order valence-corrected chi connectivity index (χ2v) is 7.95. The molecule has 1 aliphatic carbocycles. The zero-order chi connectivity index (χ0) is 12.6. The van der Waals surface area contributed by atoms with Gasteiger partial charge in [0.15, 0.2) is 0 Å². The summed E-state index contributed by atoms with van der Waals surface area (Å²) >= 11 is 3.90. The summed E-state index contributed by atoms with van der Waals surface area (Å²) in [5, 5.41) is 5.23. The average Bonchev–Trinajstić information content (AvgIpc) is 2.93. The first-order valence-electron chi connectivity index (χ1n) is 6.83. The maximum atomic E-state index is 6.17. The van der Waals surface area contributed by atoms with Crippen molar-refractivity contribution in [3.63, 3.8) is 0 Å². The van der Waals surface area contributed by atoms with E-state index in [1.54, 1.807) is 11.3 Å². The number of hydrogen-bond acceptors (Lipinski definition) is 4. The molecule has 0 spiro atoms. The maximum Gasteiger partial charge on any atom is 0.0438 e. The quantitative estimate of drug-likeness (QED) is 0.900. The highest BCUT2D eigenvalue weighted by Crippen LogP contribution is 2.44. The van der Waals surface area contributed by atoms with Crippen LogP contribution in [0.25, 0.3) is 0 Å². The summed E-state index contributed by atoms with van der Waals surface area (Å²) in [7, 11) is 0. The van der Waals surface area contributed by atoms with Crippen LogP contribution in [-0.4, -0.2) is 34.0 Å². The SMILES string of the molecule is CC1CC(CN)(N(Cc2ccsc2)C2CC2)CS1. The molecule has 3 rings (SSSR count). The Hall–Kier alpha value is -0.0300. The van der Waals surface area contributed by atoms with Crippen LogP contribution < -0.4 is 5.73 Å².